The lowest BCUT2D eigenvalue weighted by Crippen LogP contribution is -2.12. The van der Waals surface area contributed by atoms with Crippen molar-refractivity contribution in [2.45, 2.75) is 0 Å². The summed E-state index contributed by atoms with van der Waals surface area (Å²) in [6.07, 6.45) is 0. The van der Waals surface area contributed by atoms with Gasteiger partial charge in [-0.3, -0.25) is 0 Å². The molecule has 0 amide bonds. The predicted molar refractivity (Wildman–Crippen MR) is 274 cm³/mol. The van der Waals surface area contributed by atoms with Crippen molar-refractivity contribution in [1.29, 1.82) is 0 Å². The van der Waals surface area contributed by atoms with Crippen LogP contribution in [0.4, 0.5) is 17.1 Å². The summed E-state index contributed by atoms with van der Waals surface area (Å²) in [6, 6.07) is 88.0. The molecule has 3 heteroatoms. The molecule has 2 heterocycles. The molecular weight excluding hydrogens is 789 g/mol. The topological polar surface area (TPSA) is 21.3 Å². The zero-order valence-corrected chi connectivity index (χ0v) is 35.4. The number of para-hydroxylation sites is 3. The van der Waals surface area contributed by atoms with Crippen molar-refractivity contribution in [3.8, 4) is 39.1 Å². The van der Waals surface area contributed by atoms with Gasteiger partial charge < -0.3 is 13.9 Å². The van der Waals surface area contributed by atoms with Crippen LogP contribution in [0, 0.1) is 0 Å². The summed E-state index contributed by atoms with van der Waals surface area (Å²) in [4.78, 5) is 2.46. The van der Waals surface area contributed by atoms with Crippen molar-refractivity contribution in [1.82, 2.24) is 4.57 Å². The molecule has 0 bridgehead atoms. The Kier molecular flexibility index (Phi) is 8.53. The maximum absolute atomic E-state index is 6.40. The fourth-order valence-electron chi connectivity index (χ4n) is 10.3. The Morgan fingerprint density at radius 1 is 0.323 bits per heavy atom. The van der Waals surface area contributed by atoms with E-state index in [1.165, 1.54) is 48.9 Å². The van der Waals surface area contributed by atoms with E-state index in [1.807, 2.05) is 6.07 Å². The zero-order valence-electron chi connectivity index (χ0n) is 35.4. The molecule has 0 aliphatic carbocycles. The molecule has 0 N–H and O–H groups in total. The van der Waals surface area contributed by atoms with E-state index in [0.29, 0.717) is 0 Å². The van der Waals surface area contributed by atoms with Crippen LogP contribution in [0.2, 0.25) is 0 Å². The normalized spacial score (nSPS) is 11.7. The van der Waals surface area contributed by atoms with Gasteiger partial charge in [-0.2, -0.15) is 0 Å². The minimum Gasteiger partial charge on any atom is -0.456 e. The molecule has 0 radical (unpaired) electrons. The lowest BCUT2D eigenvalue weighted by Gasteiger charge is -2.29. The van der Waals surface area contributed by atoms with E-state index in [4.69, 9.17) is 4.42 Å². The van der Waals surface area contributed by atoms with Gasteiger partial charge >= 0.3 is 0 Å². The maximum Gasteiger partial charge on any atom is 0.136 e. The average Bonchev–Trinajstić information content (AvgIpc) is 3.93. The highest BCUT2D eigenvalue weighted by molar-refractivity contribution is 6.15. The molecule has 0 saturated carbocycles. The second-order valence-electron chi connectivity index (χ2n) is 16.8. The van der Waals surface area contributed by atoms with Crippen molar-refractivity contribution in [3.63, 3.8) is 0 Å². The van der Waals surface area contributed by atoms with Gasteiger partial charge in [0.2, 0.25) is 0 Å². The van der Waals surface area contributed by atoms with Gasteiger partial charge in [0, 0.05) is 44.2 Å². The lowest BCUT2D eigenvalue weighted by molar-refractivity contribution is 0.669. The van der Waals surface area contributed by atoms with E-state index in [0.717, 1.165) is 72.5 Å². The zero-order chi connectivity index (χ0) is 42.8. The first kappa shape index (κ1) is 36.9. The molecule has 0 fully saturated rings. The highest BCUT2D eigenvalue weighted by atomic mass is 16.3. The molecule has 0 aliphatic rings. The number of anilines is 3. The minimum atomic E-state index is 0.881. The van der Waals surface area contributed by atoms with Crippen molar-refractivity contribution in [2.75, 3.05) is 4.90 Å². The van der Waals surface area contributed by atoms with Gasteiger partial charge in [0.1, 0.15) is 11.2 Å². The van der Waals surface area contributed by atoms with Crippen LogP contribution in [-0.4, -0.2) is 4.57 Å². The lowest BCUT2D eigenvalue weighted by atomic mass is 9.91. The van der Waals surface area contributed by atoms with Crippen LogP contribution in [0.3, 0.4) is 0 Å². The van der Waals surface area contributed by atoms with E-state index < -0.39 is 0 Å². The highest BCUT2D eigenvalue weighted by Crippen LogP contribution is 2.47. The van der Waals surface area contributed by atoms with Crippen LogP contribution >= 0.6 is 0 Å². The van der Waals surface area contributed by atoms with Crippen LogP contribution in [0.1, 0.15) is 0 Å². The van der Waals surface area contributed by atoms with Gasteiger partial charge in [-0.25, -0.2) is 0 Å². The van der Waals surface area contributed by atoms with Crippen LogP contribution in [0.15, 0.2) is 247 Å². The van der Waals surface area contributed by atoms with Gasteiger partial charge in [0.25, 0.3) is 0 Å². The molecule has 13 aromatic rings. The monoisotopic (exact) mass is 828 g/mol. The van der Waals surface area contributed by atoms with Crippen LogP contribution in [0.25, 0.3) is 104 Å². The predicted octanol–water partition coefficient (Wildman–Crippen LogP) is 17.5. The smallest absolute Gasteiger partial charge is 0.136 e. The third kappa shape index (κ3) is 6.05. The van der Waals surface area contributed by atoms with Crippen LogP contribution < -0.4 is 4.90 Å². The summed E-state index contributed by atoms with van der Waals surface area (Å²) in [5.74, 6) is 0. The summed E-state index contributed by atoms with van der Waals surface area (Å²) in [5.41, 5.74) is 15.3. The van der Waals surface area contributed by atoms with Crippen molar-refractivity contribution >= 4 is 82.4 Å². The molecule has 3 nitrogen and oxygen atoms in total. The van der Waals surface area contributed by atoms with Crippen LogP contribution in [-0.2, 0) is 0 Å². The summed E-state index contributed by atoms with van der Waals surface area (Å²) in [7, 11) is 0. The van der Waals surface area contributed by atoms with Gasteiger partial charge in [-0.15, -0.1) is 0 Å². The molecule has 304 valence electrons. The Morgan fingerprint density at radius 3 is 1.71 bits per heavy atom. The number of benzene rings is 11. The number of aromatic nitrogens is 1. The molecule has 13 rings (SSSR count). The number of rotatable bonds is 7. The van der Waals surface area contributed by atoms with E-state index in [-0.39, 0.29) is 0 Å². The Bertz CT molecular complexity index is 3920. The SMILES string of the molecule is c1ccc(-c2ccc(-c3cc4ccccc4c4ccccc34)cc2N(c2cccc(-c3cccc4oc5ccccc5c34)c2)c2cccc(-n3c4ccccc4c4ccccc43)c2)cc1. The van der Waals surface area contributed by atoms with E-state index in [2.05, 4.69) is 246 Å². The van der Waals surface area contributed by atoms with Gasteiger partial charge in [0.05, 0.1) is 16.7 Å². The average molecular weight is 829 g/mol. The van der Waals surface area contributed by atoms with E-state index >= 15 is 0 Å². The maximum atomic E-state index is 6.40. The van der Waals surface area contributed by atoms with Crippen molar-refractivity contribution in [2.24, 2.45) is 0 Å². The third-order valence-electron chi connectivity index (χ3n) is 13.1. The largest absolute Gasteiger partial charge is 0.456 e. The van der Waals surface area contributed by atoms with E-state index in [1.54, 1.807) is 0 Å². The standard InChI is InChI=1S/C62H40N2O/c1-2-17-41(18-3-1)49-36-35-44(56-38-43-19-4-5-24-48(43)51-25-6-7-26-52(51)56)39-59(49)63(45-21-14-20-42(37-45)50-30-16-34-61-62(50)55-29-10-13-33-60(55)65-61)46-22-15-23-47(40-46)64-57-31-11-8-27-53(57)54-28-9-12-32-58(54)64/h1-40H. The second kappa shape index (κ2) is 15.0. The number of nitrogens with zero attached hydrogens (tertiary/aromatic N) is 2. The Balaban J connectivity index is 1.09. The number of furan rings is 1. The Labute approximate surface area is 376 Å². The Morgan fingerprint density at radius 2 is 0.908 bits per heavy atom. The minimum absolute atomic E-state index is 0.881. The molecule has 11 aromatic carbocycles. The molecule has 65 heavy (non-hydrogen) atoms. The molecule has 0 unspecified atom stereocenters. The first-order chi connectivity index (χ1) is 32.2. The van der Waals surface area contributed by atoms with Crippen LogP contribution in [0.5, 0.6) is 0 Å². The third-order valence-corrected chi connectivity index (χ3v) is 13.1. The first-order valence-corrected chi connectivity index (χ1v) is 22.2. The van der Waals surface area contributed by atoms with Gasteiger partial charge in [0.15, 0.2) is 0 Å². The second-order valence-corrected chi connectivity index (χ2v) is 16.8. The van der Waals surface area contributed by atoms with Gasteiger partial charge in [-0.1, -0.05) is 176 Å². The highest BCUT2D eigenvalue weighted by Gasteiger charge is 2.22. The molecular formula is C62H40N2O. The first-order valence-electron chi connectivity index (χ1n) is 22.2. The molecule has 0 saturated heterocycles. The summed E-state index contributed by atoms with van der Waals surface area (Å²) in [5, 5.41) is 9.66. The summed E-state index contributed by atoms with van der Waals surface area (Å²) in [6.45, 7) is 0. The number of hydrogen-bond donors (Lipinski definition) is 0. The van der Waals surface area contributed by atoms with Crippen molar-refractivity contribution < 1.29 is 4.42 Å². The van der Waals surface area contributed by atoms with Gasteiger partial charge in [-0.05, 0) is 116 Å². The molecule has 0 spiro atoms. The molecule has 0 atom stereocenters. The quantitative estimate of drug-likeness (QED) is 0.149. The molecule has 0 aliphatic heterocycles. The molecule has 2 aromatic heterocycles. The van der Waals surface area contributed by atoms with E-state index in [9.17, 15) is 0 Å². The fourth-order valence-corrected chi connectivity index (χ4v) is 10.3. The summed E-state index contributed by atoms with van der Waals surface area (Å²) >= 11 is 0. The summed E-state index contributed by atoms with van der Waals surface area (Å²) < 4.78 is 8.81. The number of hydrogen-bond acceptors (Lipinski definition) is 2. The van der Waals surface area contributed by atoms with Crippen molar-refractivity contribution in [3.05, 3.63) is 243 Å². The fraction of sp³-hybridized carbons (Fsp3) is 0. The number of fused-ring (bicyclic) bond motifs is 9. The Hall–Kier alpha value is -8.66.